The zero-order valence-electron chi connectivity index (χ0n) is 18.9. The van der Waals surface area contributed by atoms with Crippen molar-refractivity contribution in [1.82, 2.24) is 20.2 Å². The van der Waals surface area contributed by atoms with Crippen LogP contribution in [0.4, 0.5) is 4.79 Å². The molecule has 4 N–H and O–H groups in total. The largest absolute Gasteiger partial charge is 0.444 e. The van der Waals surface area contributed by atoms with Crippen LogP contribution in [0.25, 0.3) is 27.9 Å². The van der Waals surface area contributed by atoms with Crippen molar-refractivity contribution in [3.05, 3.63) is 64.5 Å². The number of hydrogen-bond acceptors (Lipinski definition) is 6. The van der Waals surface area contributed by atoms with E-state index in [1.54, 1.807) is 6.08 Å². The number of para-hydroxylation sites is 1. The van der Waals surface area contributed by atoms with Crippen LogP contribution in [0, 0.1) is 0 Å². The quantitative estimate of drug-likeness (QED) is 0.457. The van der Waals surface area contributed by atoms with Crippen LogP contribution in [0.15, 0.2) is 58.8 Å². The van der Waals surface area contributed by atoms with Gasteiger partial charge >= 0.3 is 6.09 Å². The number of amides is 1. The molecule has 33 heavy (non-hydrogen) atoms. The Morgan fingerprint density at radius 3 is 2.91 bits per heavy atom. The Bertz CT molecular complexity index is 1360. The second kappa shape index (κ2) is 8.90. The van der Waals surface area contributed by atoms with Gasteiger partial charge in [-0.1, -0.05) is 24.3 Å². The van der Waals surface area contributed by atoms with Crippen LogP contribution in [0.1, 0.15) is 20.8 Å². The minimum atomic E-state index is -0.594. The van der Waals surface area contributed by atoms with Crippen molar-refractivity contribution in [2.45, 2.75) is 39.0 Å². The lowest BCUT2D eigenvalue weighted by atomic mass is 10.1. The van der Waals surface area contributed by atoms with Gasteiger partial charge < -0.3 is 25.7 Å². The maximum atomic E-state index is 12.3. The molecule has 0 radical (unpaired) electrons. The van der Waals surface area contributed by atoms with E-state index in [0.717, 1.165) is 37.3 Å². The van der Waals surface area contributed by atoms with Gasteiger partial charge in [0.2, 0.25) is 0 Å². The van der Waals surface area contributed by atoms with E-state index in [4.69, 9.17) is 10.5 Å². The van der Waals surface area contributed by atoms with Crippen molar-refractivity contribution in [2.75, 3.05) is 6.67 Å². The second-order valence-corrected chi connectivity index (χ2v) is 9.54. The first-order chi connectivity index (χ1) is 15.7. The van der Waals surface area contributed by atoms with E-state index in [1.807, 2.05) is 55.8 Å². The summed E-state index contributed by atoms with van der Waals surface area (Å²) in [4.78, 5) is 21.6. The molecule has 2 aromatic heterocycles. The predicted molar refractivity (Wildman–Crippen MR) is 133 cm³/mol. The molecule has 8 nitrogen and oxygen atoms in total. The van der Waals surface area contributed by atoms with Gasteiger partial charge in [-0.2, -0.15) is 0 Å². The molecular formula is C24H27BrN6O2. The highest BCUT2D eigenvalue weighted by Crippen LogP contribution is 2.27. The van der Waals surface area contributed by atoms with Gasteiger partial charge in [0.15, 0.2) is 0 Å². The third-order valence-electron chi connectivity index (χ3n) is 5.19. The summed E-state index contributed by atoms with van der Waals surface area (Å²) in [5.41, 5.74) is 9.21. The average molecular weight is 511 g/mol. The zero-order chi connectivity index (χ0) is 23.8. The number of benzene rings is 1. The van der Waals surface area contributed by atoms with E-state index in [2.05, 4.69) is 49.2 Å². The fraction of sp³-hybridized carbons (Fsp3) is 0.292. The molecule has 0 unspecified atom stereocenters. The standard InChI is InChI=1S/C24H27BrN6O2/c1-5-16(30-23(32)33-24(2,3)4)12-31-20(25)18(19-21(26)28-13-29-22(19)31)15-10-14-8-6-7-9-17(14)27-11-15/h5-11,16,28H,1,12-13,26H2,2-4H3,(H,30,32)/t16-/m1/s1. The predicted octanol–water partition coefficient (Wildman–Crippen LogP) is 2.75. The maximum Gasteiger partial charge on any atom is 0.408 e. The first-order valence-corrected chi connectivity index (χ1v) is 11.4. The Labute approximate surface area is 200 Å². The zero-order valence-corrected chi connectivity index (χ0v) is 20.4. The molecule has 1 atom stereocenters. The molecule has 0 aliphatic carbocycles. The third kappa shape index (κ3) is 4.73. The number of rotatable bonds is 5. The summed E-state index contributed by atoms with van der Waals surface area (Å²) in [5.74, 6) is 0.540. The van der Waals surface area contributed by atoms with E-state index in [0.29, 0.717) is 19.0 Å². The molecule has 1 aliphatic rings. The van der Waals surface area contributed by atoms with Crippen LogP contribution in [0.3, 0.4) is 0 Å². The average Bonchev–Trinajstić information content (AvgIpc) is 3.04. The van der Waals surface area contributed by atoms with Crippen molar-refractivity contribution >= 4 is 38.7 Å². The number of carbonyl (C=O) groups excluding carboxylic acids is 1. The van der Waals surface area contributed by atoms with Crippen molar-refractivity contribution in [2.24, 2.45) is 10.7 Å². The summed E-state index contributed by atoms with van der Waals surface area (Å²) in [5, 5.41) is 7.80. The number of alkyl carbamates (subject to hydrolysis) is 1. The number of carbonyl (C=O) groups is 1. The first-order valence-electron chi connectivity index (χ1n) is 10.6. The number of hydrogen-bond donors (Lipinski definition) is 3. The summed E-state index contributed by atoms with van der Waals surface area (Å²) in [6.07, 6.45) is 3.00. The van der Waals surface area contributed by atoms with Crippen molar-refractivity contribution < 1.29 is 9.53 Å². The molecule has 9 heteroatoms. The van der Waals surface area contributed by atoms with Crippen molar-refractivity contribution in [1.29, 1.82) is 0 Å². The monoisotopic (exact) mass is 510 g/mol. The van der Waals surface area contributed by atoms with E-state index in [1.165, 1.54) is 0 Å². The molecule has 1 aromatic carbocycles. The summed E-state index contributed by atoms with van der Waals surface area (Å²) in [7, 11) is 0. The van der Waals surface area contributed by atoms with Crippen molar-refractivity contribution in [3.8, 4) is 11.1 Å². The normalized spacial score (nSPS) is 14.1. The molecule has 0 saturated carbocycles. The lowest BCUT2D eigenvalue weighted by molar-refractivity contribution is 0.0510. The highest BCUT2D eigenvalue weighted by molar-refractivity contribution is 9.10. The highest BCUT2D eigenvalue weighted by Gasteiger charge is 2.23. The third-order valence-corrected chi connectivity index (χ3v) is 6.01. The summed E-state index contributed by atoms with van der Waals surface area (Å²) in [6.45, 7) is 10.1. The fourth-order valence-corrected chi connectivity index (χ4v) is 4.50. The Balaban J connectivity index is 1.78. The molecule has 1 amide bonds. The number of nitrogens with two attached hydrogens (primary N) is 1. The molecule has 0 saturated heterocycles. The molecular weight excluding hydrogens is 484 g/mol. The summed E-state index contributed by atoms with van der Waals surface area (Å²) in [6, 6.07) is 9.64. The van der Waals surface area contributed by atoms with Gasteiger partial charge in [0.1, 0.15) is 23.6 Å². The minimum Gasteiger partial charge on any atom is -0.444 e. The topological polar surface area (TPSA) is 107 Å². The molecule has 3 heterocycles. The number of pyridine rings is 1. The number of ether oxygens (including phenoxy) is 1. The molecule has 0 bridgehead atoms. The number of halogens is 1. The van der Waals surface area contributed by atoms with Gasteiger partial charge in [0, 0.05) is 29.3 Å². The molecule has 1 aliphatic heterocycles. The maximum absolute atomic E-state index is 12.3. The van der Waals surface area contributed by atoms with Crippen LogP contribution >= 0.6 is 15.9 Å². The lowest BCUT2D eigenvalue weighted by Crippen LogP contribution is -2.46. The van der Waals surface area contributed by atoms with Crippen LogP contribution in [0.2, 0.25) is 0 Å². The minimum absolute atomic E-state index is 0.364. The van der Waals surface area contributed by atoms with Gasteiger partial charge in [0.25, 0.3) is 0 Å². The first kappa shape index (κ1) is 22.8. The van der Waals surface area contributed by atoms with Gasteiger partial charge in [-0.05, 0) is 48.8 Å². The van der Waals surface area contributed by atoms with Gasteiger partial charge in [-0.25, -0.2) is 9.79 Å². The van der Waals surface area contributed by atoms with Crippen LogP contribution < -0.4 is 27.1 Å². The van der Waals surface area contributed by atoms with Crippen molar-refractivity contribution in [3.63, 3.8) is 0 Å². The SMILES string of the molecule is C=C[C@H](Cn1c(Br)c(-c2cnc3ccccc3c2)c2c1=NCNC=2N)NC(=O)OC(C)(C)C. The van der Waals surface area contributed by atoms with Crippen LogP contribution in [-0.4, -0.2) is 34.0 Å². The number of nitrogens with zero attached hydrogens (tertiary/aromatic N) is 3. The summed E-state index contributed by atoms with van der Waals surface area (Å²) < 4.78 is 8.17. The molecule has 0 fully saturated rings. The van der Waals surface area contributed by atoms with Gasteiger partial charge in [0.05, 0.1) is 21.4 Å². The van der Waals surface area contributed by atoms with Crippen LogP contribution in [-0.2, 0) is 11.3 Å². The van der Waals surface area contributed by atoms with Crippen LogP contribution in [0.5, 0.6) is 0 Å². The van der Waals surface area contributed by atoms with Gasteiger partial charge in [-0.3, -0.25) is 4.98 Å². The lowest BCUT2D eigenvalue weighted by Gasteiger charge is -2.22. The smallest absolute Gasteiger partial charge is 0.408 e. The molecule has 3 aromatic rings. The Morgan fingerprint density at radius 2 is 2.18 bits per heavy atom. The number of nitrogens with one attached hydrogen (secondary N) is 2. The van der Waals surface area contributed by atoms with Gasteiger partial charge in [-0.15, -0.1) is 6.58 Å². The van der Waals surface area contributed by atoms with E-state index in [-0.39, 0.29) is 6.04 Å². The Kier molecular flexibility index (Phi) is 6.16. The number of aromatic nitrogens is 2. The molecule has 0 spiro atoms. The highest BCUT2D eigenvalue weighted by atomic mass is 79.9. The van der Waals surface area contributed by atoms with E-state index in [9.17, 15) is 4.79 Å². The Morgan fingerprint density at radius 1 is 1.42 bits per heavy atom. The fourth-order valence-electron chi connectivity index (χ4n) is 3.76. The number of fused-ring (bicyclic) bond motifs is 2. The Hall–Kier alpha value is -3.33. The summed E-state index contributed by atoms with van der Waals surface area (Å²) >= 11 is 3.76. The van der Waals surface area contributed by atoms with E-state index < -0.39 is 11.7 Å². The second-order valence-electron chi connectivity index (χ2n) is 8.79. The molecule has 172 valence electrons. The van der Waals surface area contributed by atoms with E-state index >= 15 is 0 Å². The molecule has 4 rings (SSSR count).